The van der Waals surface area contributed by atoms with Crippen molar-refractivity contribution in [2.45, 2.75) is 32.4 Å². The Bertz CT molecular complexity index is 303. The van der Waals surface area contributed by atoms with E-state index in [9.17, 15) is 0 Å². The second-order valence-corrected chi connectivity index (χ2v) is 3.86. The fraction of sp³-hybridized carbons (Fsp3) is 0.900. The third-order valence-electron chi connectivity index (χ3n) is 2.31. The standard InChI is InChI=1S/C10H21N5O2/c1-9(11)10-12-13-14-15(10)5-3-4-6-17-8-7-16-2/h9H,3-8,11H2,1-2H3. The highest BCUT2D eigenvalue weighted by Crippen LogP contribution is 2.04. The molecule has 1 unspecified atom stereocenters. The second kappa shape index (κ2) is 8.10. The van der Waals surface area contributed by atoms with Crippen molar-refractivity contribution >= 4 is 0 Å². The summed E-state index contributed by atoms with van der Waals surface area (Å²) in [5, 5.41) is 11.4. The Morgan fingerprint density at radius 3 is 2.82 bits per heavy atom. The Balaban J connectivity index is 2.11. The smallest absolute Gasteiger partial charge is 0.167 e. The van der Waals surface area contributed by atoms with Crippen LogP contribution in [0.2, 0.25) is 0 Å². The summed E-state index contributed by atoms with van der Waals surface area (Å²) in [6, 6.07) is -0.136. The van der Waals surface area contributed by atoms with E-state index >= 15 is 0 Å². The van der Waals surface area contributed by atoms with E-state index in [1.807, 2.05) is 6.92 Å². The van der Waals surface area contributed by atoms with Crippen molar-refractivity contribution in [2.75, 3.05) is 26.9 Å². The van der Waals surface area contributed by atoms with E-state index in [0.717, 1.165) is 31.8 Å². The fourth-order valence-electron chi connectivity index (χ4n) is 1.41. The molecule has 1 aromatic rings. The first-order valence-electron chi connectivity index (χ1n) is 5.84. The minimum atomic E-state index is -0.136. The maximum atomic E-state index is 5.74. The third-order valence-corrected chi connectivity index (χ3v) is 2.31. The average Bonchev–Trinajstić information content (AvgIpc) is 2.76. The van der Waals surface area contributed by atoms with Gasteiger partial charge in [-0.05, 0) is 30.2 Å². The van der Waals surface area contributed by atoms with E-state index in [0.29, 0.717) is 13.2 Å². The SMILES string of the molecule is COCCOCCCCn1nnnc1C(C)N. The number of aromatic nitrogens is 4. The summed E-state index contributed by atoms with van der Waals surface area (Å²) in [5.41, 5.74) is 5.74. The molecule has 0 aliphatic carbocycles. The van der Waals surface area contributed by atoms with Crippen LogP contribution in [0.5, 0.6) is 0 Å². The Morgan fingerprint density at radius 2 is 2.12 bits per heavy atom. The van der Waals surface area contributed by atoms with Gasteiger partial charge in [0.2, 0.25) is 0 Å². The summed E-state index contributed by atoms with van der Waals surface area (Å²) in [7, 11) is 1.66. The zero-order valence-corrected chi connectivity index (χ0v) is 10.5. The number of rotatable bonds is 9. The molecule has 0 saturated carbocycles. The van der Waals surface area contributed by atoms with Gasteiger partial charge in [0, 0.05) is 20.3 Å². The second-order valence-electron chi connectivity index (χ2n) is 3.86. The molecule has 0 aliphatic rings. The van der Waals surface area contributed by atoms with Crippen LogP contribution in [0.15, 0.2) is 0 Å². The molecule has 0 bridgehead atoms. The maximum Gasteiger partial charge on any atom is 0.167 e. The van der Waals surface area contributed by atoms with Gasteiger partial charge in [0.25, 0.3) is 0 Å². The van der Waals surface area contributed by atoms with Gasteiger partial charge < -0.3 is 15.2 Å². The van der Waals surface area contributed by atoms with E-state index in [-0.39, 0.29) is 6.04 Å². The van der Waals surface area contributed by atoms with Gasteiger partial charge in [-0.3, -0.25) is 0 Å². The first-order valence-corrected chi connectivity index (χ1v) is 5.84. The molecule has 7 nitrogen and oxygen atoms in total. The van der Waals surface area contributed by atoms with Crippen LogP contribution in [0, 0.1) is 0 Å². The quantitative estimate of drug-likeness (QED) is 0.620. The van der Waals surface area contributed by atoms with Crippen LogP contribution in [-0.4, -0.2) is 47.1 Å². The predicted octanol–water partition coefficient (Wildman–Crippen LogP) is 0.136. The van der Waals surface area contributed by atoms with Crippen molar-refractivity contribution in [3.63, 3.8) is 0 Å². The molecule has 1 heterocycles. The number of nitrogens with two attached hydrogens (primary N) is 1. The largest absolute Gasteiger partial charge is 0.382 e. The summed E-state index contributed by atoms with van der Waals surface area (Å²) < 4.78 is 12.0. The van der Waals surface area contributed by atoms with Crippen LogP contribution in [0.3, 0.4) is 0 Å². The van der Waals surface area contributed by atoms with Crippen molar-refractivity contribution in [1.82, 2.24) is 20.2 Å². The Kier molecular flexibility index (Phi) is 6.68. The van der Waals surface area contributed by atoms with Crippen molar-refractivity contribution in [3.8, 4) is 0 Å². The molecule has 0 spiro atoms. The van der Waals surface area contributed by atoms with Crippen LogP contribution >= 0.6 is 0 Å². The van der Waals surface area contributed by atoms with Gasteiger partial charge in [0.15, 0.2) is 5.82 Å². The topological polar surface area (TPSA) is 88.1 Å². The van der Waals surface area contributed by atoms with Gasteiger partial charge in [-0.25, -0.2) is 4.68 Å². The normalized spacial score (nSPS) is 12.9. The van der Waals surface area contributed by atoms with Gasteiger partial charge in [-0.15, -0.1) is 5.10 Å². The van der Waals surface area contributed by atoms with E-state index in [4.69, 9.17) is 15.2 Å². The number of methoxy groups -OCH3 is 1. The van der Waals surface area contributed by atoms with E-state index < -0.39 is 0 Å². The van der Waals surface area contributed by atoms with Gasteiger partial charge in [0.1, 0.15) is 0 Å². The molecule has 1 rings (SSSR count). The molecule has 7 heteroatoms. The monoisotopic (exact) mass is 243 g/mol. The molecule has 0 aliphatic heterocycles. The predicted molar refractivity (Wildman–Crippen MR) is 62.3 cm³/mol. The molecule has 1 aromatic heterocycles. The molecule has 0 saturated heterocycles. The zero-order chi connectivity index (χ0) is 12.5. The van der Waals surface area contributed by atoms with Crippen molar-refractivity contribution in [1.29, 1.82) is 0 Å². The summed E-state index contributed by atoms with van der Waals surface area (Å²) in [6.07, 6.45) is 1.94. The van der Waals surface area contributed by atoms with Crippen LogP contribution < -0.4 is 5.73 Å². The van der Waals surface area contributed by atoms with Gasteiger partial charge in [-0.1, -0.05) is 0 Å². The van der Waals surface area contributed by atoms with Gasteiger partial charge in [0.05, 0.1) is 19.3 Å². The fourth-order valence-corrected chi connectivity index (χ4v) is 1.41. The third kappa shape index (κ3) is 5.20. The minimum absolute atomic E-state index is 0.136. The maximum absolute atomic E-state index is 5.74. The van der Waals surface area contributed by atoms with Crippen molar-refractivity contribution in [3.05, 3.63) is 5.82 Å². The lowest BCUT2D eigenvalue weighted by atomic mass is 10.3. The van der Waals surface area contributed by atoms with E-state index in [1.54, 1.807) is 11.8 Å². The van der Waals surface area contributed by atoms with E-state index in [2.05, 4.69) is 15.5 Å². The molecular formula is C10H21N5O2. The highest BCUT2D eigenvalue weighted by Gasteiger charge is 2.09. The summed E-state index contributed by atoms with van der Waals surface area (Å²) >= 11 is 0. The Morgan fingerprint density at radius 1 is 1.29 bits per heavy atom. The molecule has 0 aromatic carbocycles. The molecule has 0 fully saturated rings. The Labute approximate surface area is 101 Å². The summed E-state index contributed by atoms with van der Waals surface area (Å²) in [5.74, 6) is 0.727. The highest BCUT2D eigenvalue weighted by molar-refractivity contribution is 4.86. The van der Waals surface area contributed by atoms with Crippen molar-refractivity contribution < 1.29 is 9.47 Å². The van der Waals surface area contributed by atoms with Gasteiger partial charge in [-0.2, -0.15) is 0 Å². The molecule has 1 atom stereocenters. The highest BCUT2D eigenvalue weighted by atomic mass is 16.5. The average molecular weight is 243 g/mol. The molecule has 0 amide bonds. The first-order chi connectivity index (χ1) is 8.25. The number of hydrogen-bond acceptors (Lipinski definition) is 6. The van der Waals surface area contributed by atoms with Crippen LogP contribution in [-0.2, 0) is 16.0 Å². The van der Waals surface area contributed by atoms with Crippen LogP contribution in [0.25, 0.3) is 0 Å². The number of nitrogens with zero attached hydrogens (tertiary/aromatic N) is 4. The van der Waals surface area contributed by atoms with Crippen molar-refractivity contribution in [2.24, 2.45) is 5.73 Å². The minimum Gasteiger partial charge on any atom is -0.382 e. The zero-order valence-electron chi connectivity index (χ0n) is 10.5. The number of ether oxygens (including phenoxy) is 2. The molecular weight excluding hydrogens is 222 g/mol. The Hall–Kier alpha value is -1.05. The number of unbranched alkanes of at least 4 members (excludes halogenated alkanes) is 1. The number of hydrogen-bond donors (Lipinski definition) is 1. The molecule has 98 valence electrons. The van der Waals surface area contributed by atoms with Gasteiger partial charge >= 0.3 is 0 Å². The summed E-state index contributed by atoms with van der Waals surface area (Å²) in [6.45, 7) is 4.67. The summed E-state index contributed by atoms with van der Waals surface area (Å²) in [4.78, 5) is 0. The van der Waals surface area contributed by atoms with Crippen LogP contribution in [0.4, 0.5) is 0 Å². The van der Waals surface area contributed by atoms with Crippen LogP contribution in [0.1, 0.15) is 31.6 Å². The molecule has 17 heavy (non-hydrogen) atoms. The lowest BCUT2D eigenvalue weighted by Gasteiger charge is -2.07. The first kappa shape index (κ1) is 14.0. The molecule has 2 N–H and O–H groups in total. The number of aryl methyl sites for hydroxylation is 1. The lowest BCUT2D eigenvalue weighted by molar-refractivity contribution is 0.0683. The molecule has 0 radical (unpaired) electrons. The van der Waals surface area contributed by atoms with E-state index in [1.165, 1.54) is 0 Å². The lowest BCUT2D eigenvalue weighted by Crippen LogP contribution is -2.15. The number of tetrazole rings is 1.